The Kier molecular flexibility index (Phi) is 4.85. The van der Waals surface area contributed by atoms with Crippen LogP contribution in [0.3, 0.4) is 0 Å². The van der Waals surface area contributed by atoms with Crippen LogP contribution in [0.1, 0.15) is 6.42 Å². The van der Waals surface area contributed by atoms with Crippen molar-refractivity contribution in [1.82, 2.24) is 5.32 Å². The van der Waals surface area contributed by atoms with Crippen molar-refractivity contribution in [2.75, 3.05) is 19.8 Å². The minimum atomic E-state index is -1.47. The van der Waals surface area contributed by atoms with E-state index in [1.165, 1.54) is 0 Å². The highest BCUT2D eigenvalue weighted by Gasteiger charge is 2.28. The Balaban J connectivity index is 2.50. The van der Waals surface area contributed by atoms with Gasteiger partial charge in [-0.3, -0.25) is 9.59 Å². The van der Waals surface area contributed by atoms with E-state index < -0.39 is 36.4 Å². The molecule has 96 valence electrons. The van der Waals surface area contributed by atoms with E-state index in [1.54, 1.807) is 0 Å². The van der Waals surface area contributed by atoms with Crippen molar-refractivity contribution in [1.29, 1.82) is 0 Å². The second-order valence-corrected chi connectivity index (χ2v) is 3.43. The van der Waals surface area contributed by atoms with E-state index in [9.17, 15) is 14.4 Å². The molecule has 2 unspecified atom stereocenters. The van der Waals surface area contributed by atoms with Crippen molar-refractivity contribution in [3.05, 3.63) is 0 Å². The lowest BCUT2D eigenvalue weighted by molar-refractivity contribution is -0.154. The molecule has 1 amide bonds. The van der Waals surface area contributed by atoms with Gasteiger partial charge in [0.2, 0.25) is 0 Å². The van der Waals surface area contributed by atoms with Crippen LogP contribution >= 0.6 is 0 Å². The minimum absolute atomic E-state index is 0.0330. The molecular formula is C9H13NO7. The summed E-state index contributed by atoms with van der Waals surface area (Å²) < 4.78 is 10.0. The van der Waals surface area contributed by atoms with Gasteiger partial charge in [0.05, 0.1) is 26.2 Å². The van der Waals surface area contributed by atoms with Crippen LogP contribution < -0.4 is 5.32 Å². The van der Waals surface area contributed by atoms with Gasteiger partial charge in [-0.05, 0) is 0 Å². The molecule has 0 bridgehead atoms. The molecule has 1 saturated heterocycles. The molecule has 0 aliphatic carbocycles. The molecule has 0 spiro atoms. The van der Waals surface area contributed by atoms with Crippen molar-refractivity contribution in [3.8, 4) is 0 Å². The molecule has 3 N–H and O–H groups in total. The van der Waals surface area contributed by atoms with Crippen molar-refractivity contribution in [2.45, 2.75) is 18.6 Å². The van der Waals surface area contributed by atoms with Crippen LogP contribution in [0.5, 0.6) is 0 Å². The first-order valence-corrected chi connectivity index (χ1v) is 4.95. The van der Waals surface area contributed by atoms with Gasteiger partial charge in [0.25, 0.3) is 5.91 Å². The highest BCUT2D eigenvalue weighted by atomic mass is 16.6. The van der Waals surface area contributed by atoms with Gasteiger partial charge in [-0.1, -0.05) is 0 Å². The van der Waals surface area contributed by atoms with E-state index >= 15 is 0 Å². The fourth-order valence-corrected chi connectivity index (χ4v) is 1.28. The second-order valence-electron chi connectivity index (χ2n) is 3.43. The maximum Gasteiger partial charge on any atom is 0.326 e. The van der Waals surface area contributed by atoms with Crippen molar-refractivity contribution in [3.63, 3.8) is 0 Å². The first-order chi connectivity index (χ1) is 8.00. The van der Waals surface area contributed by atoms with Gasteiger partial charge in [-0.2, -0.15) is 0 Å². The normalized spacial score (nSPS) is 21.5. The molecule has 2 atom stereocenters. The number of amides is 1. The zero-order valence-electron chi connectivity index (χ0n) is 8.92. The Morgan fingerprint density at radius 2 is 2.00 bits per heavy atom. The Morgan fingerprint density at radius 1 is 1.29 bits per heavy atom. The standard InChI is InChI=1S/C9H13NO7/c11-7(12)3-5(9(14)15)10-8(13)6-4-16-1-2-17-6/h5-6H,1-4H2,(H,10,13)(H,11,12)(H,14,15). The third-order valence-corrected chi connectivity index (χ3v) is 2.10. The van der Waals surface area contributed by atoms with Crippen LogP contribution in [-0.2, 0) is 23.9 Å². The molecule has 1 heterocycles. The third-order valence-electron chi connectivity index (χ3n) is 2.10. The summed E-state index contributed by atoms with van der Waals surface area (Å²) in [7, 11) is 0. The molecule has 8 nitrogen and oxygen atoms in total. The first-order valence-electron chi connectivity index (χ1n) is 4.95. The van der Waals surface area contributed by atoms with E-state index in [0.29, 0.717) is 6.61 Å². The number of ether oxygens (including phenoxy) is 2. The summed E-state index contributed by atoms with van der Waals surface area (Å²) in [6, 6.07) is -1.47. The molecule has 0 aromatic heterocycles. The molecule has 1 rings (SSSR count). The number of hydrogen-bond donors (Lipinski definition) is 3. The lowest BCUT2D eigenvalue weighted by atomic mass is 10.2. The molecule has 17 heavy (non-hydrogen) atoms. The number of nitrogens with one attached hydrogen (secondary N) is 1. The maximum atomic E-state index is 11.5. The predicted molar refractivity (Wildman–Crippen MR) is 52.4 cm³/mol. The lowest BCUT2D eigenvalue weighted by Crippen LogP contribution is -2.49. The summed E-state index contributed by atoms with van der Waals surface area (Å²) in [5.41, 5.74) is 0. The first kappa shape index (κ1) is 13.4. The number of carboxylic acid groups (broad SMARTS) is 2. The fourth-order valence-electron chi connectivity index (χ4n) is 1.28. The number of carbonyl (C=O) groups excluding carboxylic acids is 1. The zero-order chi connectivity index (χ0) is 12.8. The third kappa shape index (κ3) is 4.37. The highest BCUT2D eigenvalue weighted by Crippen LogP contribution is 2.02. The summed E-state index contributed by atoms with van der Waals surface area (Å²) in [4.78, 5) is 32.6. The van der Waals surface area contributed by atoms with Crippen LogP contribution in [0, 0.1) is 0 Å². The smallest absolute Gasteiger partial charge is 0.326 e. The summed E-state index contributed by atoms with van der Waals surface area (Å²) in [5.74, 6) is -3.39. The summed E-state index contributed by atoms with van der Waals surface area (Å²) in [6.45, 7) is 0.654. The van der Waals surface area contributed by atoms with Gasteiger partial charge in [-0.15, -0.1) is 0 Å². The van der Waals surface area contributed by atoms with Crippen LogP contribution in [0.15, 0.2) is 0 Å². The van der Waals surface area contributed by atoms with Crippen molar-refractivity contribution < 1.29 is 34.1 Å². The quantitative estimate of drug-likeness (QED) is 0.537. The van der Waals surface area contributed by atoms with Gasteiger partial charge in [-0.25, -0.2) is 4.79 Å². The molecule has 0 aromatic rings. The van der Waals surface area contributed by atoms with Gasteiger partial charge in [0.1, 0.15) is 6.04 Å². The second kappa shape index (κ2) is 6.16. The molecule has 8 heteroatoms. The van der Waals surface area contributed by atoms with E-state index in [4.69, 9.17) is 19.7 Å². The van der Waals surface area contributed by atoms with Gasteiger partial charge < -0.3 is 25.0 Å². The molecule has 0 radical (unpaired) electrons. The molecule has 1 aliphatic rings. The van der Waals surface area contributed by atoms with Gasteiger partial charge in [0.15, 0.2) is 6.10 Å². The molecule has 1 aliphatic heterocycles. The monoisotopic (exact) mass is 247 g/mol. The summed E-state index contributed by atoms with van der Waals surface area (Å²) in [6.07, 6.45) is -1.58. The Hall–Kier alpha value is -1.67. The van der Waals surface area contributed by atoms with Crippen molar-refractivity contribution >= 4 is 17.8 Å². The number of aliphatic carboxylic acids is 2. The van der Waals surface area contributed by atoms with Crippen LogP contribution in [0.2, 0.25) is 0 Å². The van der Waals surface area contributed by atoms with Crippen LogP contribution in [0.25, 0.3) is 0 Å². The SMILES string of the molecule is O=C(O)CC(NC(=O)C1COCCO1)C(=O)O. The number of hydrogen-bond acceptors (Lipinski definition) is 5. The van der Waals surface area contributed by atoms with Crippen LogP contribution in [-0.4, -0.2) is 60.0 Å². The molecule has 1 fully saturated rings. The number of rotatable bonds is 5. The fraction of sp³-hybridized carbons (Fsp3) is 0.667. The minimum Gasteiger partial charge on any atom is -0.481 e. The number of carbonyl (C=O) groups is 3. The Labute approximate surface area is 96.5 Å². The van der Waals surface area contributed by atoms with E-state index in [0.717, 1.165) is 0 Å². The summed E-state index contributed by atoms with van der Waals surface area (Å²) in [5, 5.41) is 19.3. The lowest BCUT2D eigenvalue weighted by Gasteiger charge is -2.23. The topological polar surface area (TPSA) is 122 Å². The van der Waals surface area contributed by atoms with E-state index in [1.807, 2.05) is 0 Å². The zero-order valence-corrected chi connectivity index (χ0v) is 8.92. The molecular weight excluding hydrogens is 234 g/mol. The van der Waals surface area contributed by atoms with E-state index in [-0.39, 0.29) is 13.2 Å². The predicted octanol–water partition coefficient (Wildman–Crippen LogP) is -1.55. The average molecular weight is 247 g/mol. The van der Waals surface area contributed by atoms with Crippen molar-refractivity contribution in [2.24, 2.45) is 0 Å². The van der Waals surface area contributed by atoms with Crippen LogP contribution in [0.4, 0.5) is 0 Å². The number of carboxylic acids is 2. The maximum absolute atomic E-state index is 11.5. The van der Waals surface area contributed by atoms with Gasteiger partial charge in [0, 0.05) is 0 Å². The Bertz CT molecular complexity index is 310. The molecule has 0 aromatic carbocycles. The molecule has 0 saturated carbocycles. The van der Waals surface area contributed by atoms with Gasteiger partial charge >= 0.3 is 11.9 Å². The highest BCUT2D eigenvalue weighted by molar-refractivity contribution is 5.88. The Morgan fingerprint density at radius 3 is 2.47 bits per heavy atom. The average Bonchev–Trinajstić information content (AvgIpc) is 2.28. The van der Waals surface area contributed by atoms with E-state index in [2.05, 4.69) is 5.32 Å². The summed E-state index contributed by atoms with van der Waals surface area (Å²) >= 11 is 0. The largest absolute Gasteiger partial charge is 0.481 e.